The number of aliphatic imine (C=N–C) groups is 1. The summed E-state index contributed by atoms with van der Waals surface area (Å²) in [7, 11) is 0. The minimum Gasteiger partial charge on any atom is -0.381 e. The van der Waals surface area contributed by atoms with Crippen LogP contribution in [0, 0.1) is 5.41 Å². The van der Waals surface area contributed by atoms with Crippen molar-refractivity contribution in [3.05, 3.63) is 0 Å². The summed E-state index contributed by atoms with van der Waals surface area (Å²) < 4.78 is 5.51. The number of unbranched alkanes of at least 4 members (excludes halogenated alkanes) is 1. The van der Waals surface area contributed by atoms with Gasteiger partial charge in [-0.2, -0.15) is 0 Å². The Morgan fingerprint density at radius 3 is 2.76 bits per heavy atom. The number of ether oxygens (including phenoxy) is 1. The molecule has 0 saturated carbocycles. The number of nitrogens with zero attached hydrogens (tertiary/aromatic N) is 1. The summed E-state index contributed by atoms with van der Waals surface area (Å²) in [5.74, 6) is 1.16. The van der Waals surface area contributed by atoms with Gasteiger partial charge in [0.25, 0.3) is 0 Å². The van der Waals surface area contributed by atoms with Crippen LogP contribution >= 0.6 is 11.8 Å². The van der Waals surface area contributed by atoms with Crippen molar-refractivity contribution in [1.29, 1.82) is 0 Å². The molecule has 0 aromatic rings. The highest BCUT2D eigenvalue weighted by molar-refractivity contribution is 8.13. The second kappa shape index (κ2) is 7.98. The Morgan fingerprint density at radius 2 is 2.12 bits per heavy atom. The fourth-order valence-corrected chi connectivity index (χ4v) is 2.44. The van der Waals surface area contributed by atoms with Gasteiger partial charge in [0.05, 0.1) is 0 Å². The van der Waals surface area contributed by atoms with E-state index in [1.54, 1.807) is 0 Å². The molecule has 0 aliphatic carbocycles. The van der Waals surface area contributed by atoms with E-state index in [1.165, 1.54) is 12.8 Å². The average molecular weight is 258 g/mol. The monoisotopic (exact) mass is 258 g/mol. The van der Waals surface area contributed by atoms with Crippen molar-refractivity contribution >= 4 is 16.9 Å². The van der Waals surface area contributed by atoms with Crippen molar-refractivity contribution in [3.63, 3.8) is 0 Å². The van der Waals surface area contributed by atoms with Crippen molar-refractivity contribution in [1.82, 2.24) is 5.32 Å². The number of rotatable bonds is 7. The molecule has 17 heavy (non-hydrogen) atoms. The van der Waals surface area contributed by atoms with Crippen LogP contribution < -0.4 is 5.32 Å². The molecule has 0 fully saturated rings. The van der Waals surface area contributed by atoms with E-state index >= 15 is 0 Å². The van der Waals surface area contributed by atoms with Crippen LogP contribution in [-0.2, 0) is 4.74 Å². The number of hydrogen-bond acceptors (Lipinski definition) is 4. The van der Waals surface area contributed by atoms with Crippen molar-refractivity contribution in [2.24, 2.45) is 10.4 Å². The van der Waals surface area contributed by atoms with Crippen LogP contribution in [-0.4, -0.2) is 37.2 Å². The van der Waals surface area contributed by atoms with Gasteiger partial charge in [-0.3, -0.25) is 4.99 Å². The molecule has 0 amide bonds. The van der Waals surface area contributed by atoms with Crippen molar-refractivity contribution in [2.75, 3.05) is 32.1 Å². The van der Waals surface area contributed by atoms with Crippen molar-refractivity contribution < 1.29 is 4.74 Å². The topological polar surface area (TPSA) is 33.6 Å². The molecule has 4 heteroatoms. The van der Waals surface area contributed by atoms with Crippen LogP contribution in [0.3, 0.4) is 0 Å². The van der Waals surface area contributed by atoms with E-state index in [1.807, 2.05) is 11.8 Å². The molecule has 1 aliphatic heterocycles. The standard InChI is InChI=1S/C13H26N2OS/c1-4-5-8-16-9-6-7-14-12-15-10-13(2,3)11-17-12/h4-11H2,1-3H3,(H,14,15). The lowest BCUT2D eigenvalue weighted by Crippen LogP contribution is -2.32. The van der Waals surface area contributed by atoms with Gasteiger partial charge < -0.3 is 10.1 Å². The van der Waals surface area contributed by atoms with Gasteiger partial charge in [0, 0.05) is 32.1 Å². The highest BCUT2D eigenvalue weighted by atomic mass is 32.2. The minimum absolute atomic E-state index is 0.360. The molecule has 0 aromatic heterocycles. The van der Waals surface area contributed by atoms with E-state index in [9.17, 15) is 0 Å². The van der Waals surface area contributed by atoms with Gasteiger partial charge in [-0.15, -0.1) is 0 Å². The Bertz CT molecular complexity index is 242. The molecule has 1 heterocycles. The van der Waals surface area contributed by atoms with E-state index in [0.717, 1.165) is 43.6 Å². The lowest BCUT2D eigenvalue weighted by molar-refractivity contribution is 0.129. The fraction of sp³-hybridized carbons (Fsp3) is 0.923. The third-order valence-electron chi connectivity index (χ3n) is 2.63. The Balaban J connectivity index is 1.98. The summed E-state index contributed by atoms with van der Waals surface area (Å²) in [5, 5.41) is 4.49. The summed E-state index contributed by atoms with van der Waals surface area (Å²) in [6.45, 7) is 10.4. The lowest BCUT2D eigenvalue weighted by atomic mass is 9.97. The first-order chi connectivity index (χ1) is 8.14. The SMILES string of the molecule is CCCCOCCCNC1=NCC(C)(C)CS1. The van der Waals surface area contributed by atoms with Gasteiger partial charge in [0.1, 0.15) is 0 Å². The Kier molecular flexibility index (Phi) is 6.97. The van der Waals surface area contributed by atoms with Gasteiger partial charge in [-0.25, -0.2) is 0 Å². The third-order valence-corrected chi connectivity index (χ3v) is 4.11. The Labute approximate surface area is 110 Å². The van der Waals surface area contributed by atoms with Gasteiger partial charge in [0.15, 0.2) is 5.17 Å². The molecule has 0 saturated heterocycles. The first-order valence-electron chi connectivity index (χ1n) is 6.63. The first kappa shape index (κ1) is 14.8. The zero-order valence-electron chi connectivity index (χ0n) is 11.4. The molecule has 1 aliphatic rings. The molecule has 0 bridgehead atoms. The summed E-state index contributed by atoms with van der Waals surface area (Å²) in [6, 6.07) is 0. The molecule has 3 nitrogen and oxygen atoms in total. The van der Waals surface area contributed by atoms with Gasteiger partial charge in [-0.05, 0) is 18.3 Å². The van der Waals surface area contributed by atoms with Crippen LogP contribution in [0.25, 0.3) is 0 Å². The van der Waals surface area contributed by atoms with Crippen LogP contribution in [0.1, 0.15) is 40.0 Å². The van der Waals surface area contributed by atoms with Crippen LogP contribution in [0.4, 0.5) is 0 Å². The maximum absolute atomic E-state index is 5.51. The third kappa shape index (κ3) is 6.94. The molecule has 0 unspecified atom stereocenters. The number of nitrogens with one attached hydrogen (secondary N) is 1. The number of hydrogen-bond donors (Lipinski definition) is 1. The van der Waals surface area contributed by atoms with Crippen LogP contribution in [0.15, 0.2) is 4.99 Å². The van der Waals surface area contributed by atoms with E-state index in [2.05, 4.69) is 31.1 Å². The molecule has 0 atom stereocenters. The maximum atomic E-state index is 5.51. The minimum atomic E-state index is 0.360. The van der Waals surface area contributed by atoms with Crippen LogP contribution in [0.5, 0.6) is 0 Å². The molecule has 0 aromatic carbocycles. The zero-order valence-corrected chi connectivity index (χ0v) is 12.2. The summed E-state index contributed by atoms with van der Waals surface area (Å²) in [4.78, 5) is 4.56. The molecular weight excluding hydrogens is 232 g/mol. The Hall–Kier alpha value is -0.220. The average Bonchev–Trinajstić information content (AvgIpc) is 2.30. The lowest BCUT2D eigenvalue weighted by Gasteiger charge is -2.27. The van der Waals surface area contributed by atoms with Gasteiger partial charge in [0.2, 0.25) is 0 Å². The second-order valence-corrected chi connectivity index (χ2v) is 6.28. The zero-order chi connectivity index (χ0) is 12.6. The predicted octanol–water partition coefficient (Wildman–Crippen LogP) is 2.91. The summed E-state index contributed by atoms with van der Waals surface area (Å²) in [5.41, 5.74) is 0.360. The quantitative estimate of drug-likeness (QED) is 0.713. The fourth-order valence-electron chi connectivity index (χ4n) is 1.47. The molecule has 1 N–H and O–H groups in total. The molecule has 0 spiro atoms. The summed E-state index contributed by atoms with van der Waals surface area (Å²) in [6.07, 6.45) is 3.44. The summed E-state index contributed by atoms with van der Waals surface area (Å²) >= 11 is 1.84. The van der Waals surface area contributed by atoms with Crippen molar-refractivity contribution in [3.8, 4) is 0 Å². The van der Waals surface area contributed by atoms with Gasteiger partial charge in [-0.1, -0.05) is 39.0 Å². The Morgan fingerprint density at radius 1 is 1.35 bits per heavy atom. The molecule has 0 radical (unpaired) electrons. The number of thioether (sulfide) groups is 1. The smallest absolute Gasteiger partial charge is 0.156 e. The maximum Gasteiger partial charge on any atom is 0.156 e. The van der Waals surface area contributed by atoms with E-state index in [-0.39, 0.29) is 0 Å². The highest BCUT2D eigenvalue weighted by Gasteiger charge is 2.22. The van der Waals surface area contributed by atoms with Crippen LogP contribution in [0.2, 0.25) is 0 Å². The van der Waals surface area contributed by atoms with Gasteiger partial charge >= 0.3 is 0 Å². The highest BCUT2D eigenvalue weighted by Crippen LogP contribution is 2.26. The molecule has 100 valence electrons. The predicted molar refractivity (Wildman–Crippen MR) is 76.9 cm³/mol. The normalized spacial score (nSPS) is 18.9. The van der Waals surface area contributed by atoms with E-state index in [0.29, 0.717) is 5.41 Å². The van der Waals surface area contributed by atoms with Crippen molar-refractivity contribution in [2.45, 2.75) is 40.0 Å². The van der Waals surface area contributed by atoms with E-state index < -0.39 is 0 Å². The second-order valence-electron chi connectivity index (χ2n) is 5.32. The molecular formula is C13H26N2OS. The molecule has 1 rings (SSSR count). The first-order valence-corrected chi connectivity index (χ1v) is 7.61. The van der Waals surface area contributed by atoms with E-state index in [4.69, 9.17) is 4.74 Å². The largest absolute Gasteiger partial charge is 0.381 e. The number of amidine groups is 1.